The molecule has 102 valence electrons. The van der Waals surface area contributed by atoms with Crippen LogP contribution in [0.5, 0.6) is 5.75 Å². The molecule has 2 aromatic rings. The Hall–Kier alpha value is -1.57. The number of nitriles is 1. The number of alkyl halides is 1. The van der Waals surface area contributed by atoms with Crippen LogP contribution in [0.15, 0.2) is 36.4 Å². The molecule has 2 aromatic carbocycles. The molecule has 0 saturated heterocycles. The molecule has 0 spiro atoms. The van der Waals surface area contributed by atoms with Gasteiger partial charge in [-0.15, -0.1) is 0 Å². The van der Waals surface area contributed by atoms with Crippen LogP contribution in [0, 0.1) is 17.1 Å². The largest absolute Gasteiger partial charge is 0.489 e. The van der Waals surface area contributed by atoms with Crippen LogP contribution in [-0.4, -0.2) is 0 Å². The highest BCUT2D eigenvalue weighted by molar-refractivity contribution is 9.08. The van der Waals surface area contributed by atoms with E-state index in [1.165, 1.54) is 12.1 Å². The molecular weight excluding hydrogens is 345 g/mol. The normalized spacial score (nSPS) is 10.1. The van der Waals surface area contributed by atoms with Crippen molar-refractivity contribution in [3.63, 3.8) is 0 Å². The summed E-state index contributed by atoms with van der Waals surface area (Å²) >= 11 is 9.37. The molecule has 0 aliphatic rings. The van der Waals surface area contributed by atoms with Gasteiger partial charge in [-0.05, 0) is 30.3 Å². The van der Waals surface area contributed by atoms with Crippen molar-refractivity contribution in [2.24, 2.45) is 0 Å². The van der Waals surface area contributed by atoms with E-state index in [4.69, 9.17) is 21.6 Å². The van der Waals surface area contributed by atoms with Crippen LogP contribution in [0.1, 0.15) is 16.7 Å². The monoisotopic (exact) mass is 353 g/mol. The van der Waals surface area contributed by atoms with Crippen molar-refractivity contribution in [2.45, 2.75) is 11.9 Å². The Morgan fingerprint density at radius 3 is 2.65 bits per heavy atom. The summed E-state index contributed by atoms with van der Waals surface area (Å²) in [5, 5.41) is 9.75. The van der Waals surface area contributed by atoms with Gasteiger partial charge < -0.3 is 4.74 Å². The zero-order chi connectivity index (χ0) is 14.5. The van der Waals surface area contributed by atoms with E-state index in [9.17, 15) is 4.39 Å². The first-order valence-corrected chi connectivity index (χ1v) is 7.29. The highest BCUT2D eigenvalue weighted by atomic mass is 79.9. The molecule has 5 heteroatoms. The van der Waals surface area contributed by atoms with Gasteiger partial charge in [-0.2, -0.15) is 5.26 Å². The lowest BCUT2D eigenvalue weighted by Crippen LogP contribution is -1.99. The molecule has 20 heavy (non-hydrogen) atoms. The Morgan fingerprint density at radius 2 is 2.00 bits per heavy atom. The van der Waals surface area contributed by atoms with E-state index in [0.717, 1.165) is 11.1 Å². The summed E-state index contributed by atoms with van der Waals surface area (Å²) in [4.78, 5) is 0. The first-order valence-electron chi connectivity index (χ1n) is 5.79. The molecule has 0 aliphatic carbocycles. The summed E-state index contributed by atoms with van der Waals surface area (Å²) in [7, 11) is 0. The summed E-state index contributed by atoms with van der Waals surface area (Å²) in [5.41, 5.74) is 2.01. The second-order valence-corrected chi connectivity index (χ2v) is 5.06. The molecule has 0 heterocycles. The minimum atomic E-state index is -0.303. The van der Waals surface area contributed by atoms with E-state index in [-0.39, 0.29) is 12.4 Å². The second kappa shape index (κ2) is 6.74. The Kier molecular flexibility index (Phi) is 4.99. The fourth-order valence-corrected chi connectivity index (χ4v) is 2.36. The predicted octanol–water partition coefficient (Wildman–Crippen LogP) is 4.82. The summed E-state index contributed by atoms with van der Waals surface area (Å²) in [5.74, 6) is 0.298. The van der Waals surface area contributed by atoms with Crippen molar-refractivity contribution in [1.29, 1.82) is 5.26 Å². The lowest BCUT2D eigenvalue weighted by Gasteiger charge is -2.11. The Balaban J connectivity index is 2.15. The SMILES string of the molecule is N#Cc1ccc(COc2ccc(F)cc2CBr)c(Cl)c1. The second-order valence-electron chi connectivity index (χ2n) is 4.09. The standard InChI is InChI=1S/C15H10BrClFNO/c16-7-12-6-13(18)3-4-15(12)20-9-11-2-1-10(8-19)5-14(11)17/h1-6H,7,9H2. The zero-order valence-corrected chi connectivity index (χ0v) is 12.7. The van der Waals surface area contributed by atoms with Crippen LogP contribution < -0.4 is 4.74 Å². The fraction of sp³-hybridized carbons (Fsp3) is 0.133. The van der Waals surface area contributed by atoms with Crippen LogP contribution in [0.3, 0.4) is 0 Å². The number of ether oxygens (including phenoxy) is 1. The first-order chi connectivity index (χ1) is 9.63. The first kappa shape index (κ1) is 14.8. The molecule has 0 unspecified atom stereocenters. The molecule has 0 aromatic heterocycles. The molecule has 0 aliphatic heterocycles. The van der Waals surface area contributed by atoms with Crippen LogP contribution in [0.25, 0.3) is 0 Å². The van der Waals surface area contributed by atoms with Gasteiger partial charge in [0.25, 0.3) is 0 Å². The third-order valence-corrected chi connectivity index (χ3v) is 3.69. The average Bonchev–Trinajstić information content (AvgIpc) is 2.46. The average molecular weight is 355 g/mol. The topological polar surface area (TPSA) is 33.0 Å². The van der Waals surface area contributed by atoms with E-state index in [2.05, 4.69) is 15.9 Å². The van der Waals surface area contributed by atoms with Gasteiger partial charge in [0.1, 0.15) is 18.2 Å². The molecule has 2 rings (SSSR count). The van der Waals surface area contributed by atoms with Crippen molar-refractivity contribution < 1.29 is 9.13 Å². The van der Waals surface area contributed by atoms with E-state index in [0.29, 0.717) is 21.7 Å². The summed E-state index contributed by atoms with van der Waals surface area (Å²) in [6.45, 7) is 0.260. The number of benzene rings is 2. The number of halogens is 3. The summed E-state index contributed by atoms with van der Waals surface area (Å²) in [6, 6.07) is 11.4. The Bertz CT molecular complexity index is 669. The highest BCUT2D eigenvalue weighted by Gasteiger charge is 2.07. The summed E-state index contributed by atoms with van der Waals surface area (Å²) < 4.78 is 18.8. The van der Waals surface area contributed by atoms with Gasteiger partial charge in [-0.1, -0.05) is 33.6 Å². The number of rotatable bonds is 4. The molecular formula is C15H10BrClFNO. The number of hydrogen-bond acceptors (Lipinski definition) is 2. The summed E-state index contributed by atoms with van der Waals surface area (Å²) in [6.07, 6.45) is 0. The lowest BCUT2D eigenvalue weighted by atomic mass is 10.1. The molecule has 2 nitrogen and oxygen atoms in total. The van der Waals surface area contributed by atoms with Crippen molar-refractivity contribution in [1.82, 2.24) is 0 Å². The molecule has 0 saturated carbocycles. The van der Waals surface area contributed by atoms with Crippen LogP contribution >= 0.6 is 27.5 Å². The maximum Gasteiger partial charge on any atom is 0.124 e. The highest BCUT2D eigenvalue weighted by Crippen LogP contribution is 2.25. The lowest BCUT2D eigenvalue weighted by molar-refractivity contribution is 0.303. The van der Waals surface area contributed by atoms with E-state index < -0.39 is 0 Å². The zero-order valence-electron chi connectivity index (χ0n) is 10.4. The smallest absolute Gasteiger partial charge is 0.124 e. The van der Waals surface area contributed by atoms with Crippen LogP contribution in [0.4, 0.5) is 4.39 Å². The molecule has 0 amide bonds. The third-order valence-electron chi connectivity index (χ3n) is 2.73. The molecule has 0 radical (unpaired) electrons. The van der Waals surface area contributed by atoms with Crippen molar-refractivity contribution in [2.75, 3.05) is 0 Å². The maximum atomic E-state index is 13.1. The third kappa shape index (κ3) is 3.50. The molecule has 0 N–H and O–H groups in total. The maximum absolute atomic E-state index is 13.1. The minimum Gasteiger partial charge on any atom is -0.489 e. The van der Waals surface area contributed by atoms with Crippen molar-refractivity contribution in [3.05, 3.63) is 63.9 Å². The van der Waals surface area contributed by atoms with Crippen LogP contribution in [0.2, 0.25) is 5.02 Å². The number of nitrogens with zero attached hydrogens (tertiary/aromatic N) is 1. The van der Waals surface area contributed by atoms with Gasteiger partial charge in [0.15, 0.2) is 0 Å². The fourth-order valence-electron chi connectivity index (χ4n) is 1.68. The van der Waals surface area contributed by atoms with E-state index in [1.807, 2.05) is 6.07 Å². The molecule has 0 bridgehead atoms. The van der Waals surface area contributed by atoms with E-state index >= 15 is 0 Å². The van der Waals surface area contributed by atoms with Crippen molar-refractivity contribution >= 4 is 27.5 Å². The van der Waals surface area contributed by atoms with Gasteiger partial charge >= 0.3 is 0 Å². The van der Waals surface area contributed by atoms with Gasteiger partial charge in [-0.25, -0.2) is 4.39 Å². The molecule has 0 atom stereocenters. The molecule has 0 fully saturated rings. The van der Waals surface area contributed by atoms with E-state index in [1.54, 1.807) is 24.3 Å². The van der Waals surface area contributed by atoms with Gasteiger partial charge in [0, 0.05) is 21.5 Å². The van der Waals surface area contributed by atoms with Gasteiger partial charge in [0.2, 0.25) is 0 Å². The Labute approximate surface area is 129 Å². The predicted molar refractivity (Wildman–Crippen MR) is 79.5 cm³/mol. The number of hydrogen-bond donors (Lipinski definition) is 0. The Morgan fingerprint density at radius 1 is 1.20 bits per heavy atom. The quantitative estimate of drug-likeness (QED) is 0.737. The van der Waals surface area contributed by atoms with Crippen LogP contribution in [-0.2, 0) is 11.9 Å². The van der Waals surface area contributed by atoms with Gasteiger partial charge in [-0.3, -0.25) is 0 Å². The van der Waals surface area contributed by atoms with Gasteiger partial charge in [0.05, 0.1) is 11.6 Å². The van der Waals surface area contributed by atoms with Crippen molar-refractivity contribution in [3.8, 4) is 11.8 Å². The minimum absolute atomic E-state index is 0.260.